The number of benzene rings is 3. The second-order valence-corrected chi connectivity index (χ2v) is 10.3. The maximum absolute atomic E-state index is 12.4. The first-order valence-corrected chi connectivity index (χ1v) is 14.0. The average Bonchev–Trinajstić information content (AvgIpc) is 2.92. The molecule has 0 unspecified atom stereocenters. The SMILES string of the molecule is CCCCOc1ccc(NC(=O)C(=O)N/N=C\c2cc(I)c(OCC(=O)Nc3cc(C)cc(C)c3)c(OC)c2)cc1. The Morgan fingerprint density at radius 2 is 1.61 bits per heavy atom. The summed E-state index contributed by atoms with van der Waals surface area (Å²) in [5.74, 6) is -0.643. The van der Waals surface area contributed by atoms with E-state index < -0.39 is 11.8 Å². The number of hydrogen-bond acceptors (Lipinski definition) is 7. The summed E-state index contributed by atoms with van der Waals surface area (Å²) in [7, 11) is 1.48. The van der Waals surface area contributed by atoms with E-state index in [1.165, 1.54) is 13.3 Å². The highest BCUT2D eigenvalue weighted by molar-refractivity contribution is 14.1. The molecule has 0 radical (unpaired) electrons. The van der Waals surface area contributed by atoms with Crippen molar-refractivity contribution in [1.82, 2.24) is 5.43 Å². The van der Waals surface area contributed by atoms with Crippen molar-refractivity contribution in [3.63, 3.8) is 0 Å². The third-order valence-corrected chi connectivity index (χ3v) is 6.37. The Labute approximate surface area is 253 Å². The van der Waals surface area contributed by atoms with E-state index in [-0.39, 0.29) is 12.5 Å². The van der Waals surface area contributed by atoms with Gasteiger partial charge in [-0.15, -0.1) is 0 Å². The number of amides is 3. The zero-order chi connectivity index (χ0) is 29.8. The molecule has 0 aliphatic rings. The van der Waals surface area contributed by atoms with Gasteiger partial charge in [-0.3, -0.25) is 14.4 Å². The van der Waals surface area contributed by atoms with Crippen LogP contribution in [0.5, 0.6) is 17.2 Å². The smallest absolute Gasteiger partial charge is 0.329 e. The lowest BCUT2D eigenvalue weighted by Gasteiger charge is -2.14. The summed E-state index contributed by atoms with van der Waals surface area (Å²) in [6.07, 6.45) is 3.36. The van der Waals surface area contributed by atoms with E-state index in [4.69, 9.17) is 14.2 Å². The molecule has 3 N–H and O–H groups in total. The summed E-state index contributed by atoms with van der Waals surface area (Å²) < 4.78 is 17.4. The molecule has 0 aliphatic carbocycles. The van der Waals surface area contributed by atoms with Crippen LogP contribution < -0.4 is 30.3 Å². The van der Waals surface area contributed by atoms with Crippen LogP contribution in [0, 0.1) is 17.4 Å². The molecular weight excluding hydrogens is 639 g/mol. The van der Waals surface area contributed by atoms with Crippen molar-refractivity contribution in [3.05, 3.63) is 74.9 Å². The second kappa shape index (κ2) is 15.6. The number of hydrogen-bond donors (Lipinski definition) is 3. The van der Waals surface area contributed by atoms with E-state index in [2.05, 4.69) is 50.7 Å². The standard InChI is InChI=1S/C30H33IN4O6/c1-5-6-11-40-24-9-7-22(8-10-24)34-29(37)30(38)35-32-17-21-15-25(31)28(26(16-21)39-4)41-18-27(36)33-23-13-19(2)12-20(3)14-23/h7-10,12-17H,5-6,11,18H2,1-4H3,(H,33,36)(H,34,37)(H,35,38)/b32-17-. The van der Waals surface area contributed by atoms with Crippen molar-refractivity contribution >= 4 is 57.9 Å². The molecule has 0 heterocycles. The number of halogens is 1. The molecule has 216 valence electrons. The number of hydrazone groups is 1. The summed E-state index contributed by atoms with van der Waals surface area (Å²) >= 11 is 2.05. The lowest BCUT2D eigenvalue weighted by atomic mass is 10.1. The number of methoxy groups -OCH3 is 1. The lowest BCUT2D eigenvalue weighted by molar-refractivity contribution is -0.136. The second-order valence-electron chi connectivity index (χ2n) is 9.13. The molecule has 11 heteroatoms. The van der Waals surface area contributed by atoms with Crippen LogP contribution in [0.3, 0.4) is 0 Å². The molecule has 0 saturated heterocycles. The number of carbonyl (C=O) groups excluding carboxylic acids is 3. The Balaban J connectivity index is 1.53. The van der Waals surface area contributed by atoms with E-state index in [1.54, 1.807) is 36.4 Å². The first-order valence-electron chi connectivity index (χ1n) is 12.9. The molecule has 0 fully saturated rings. The number of aryl methyl sites for hydroxylation is 2. The van der Waals surface area contributed by atoms with Gasteiger partial charge in [0.15, 0.2) is 18.1 Å². The van der Waals surface area contributed by atoms with Crippen LogP contribution in [0.4, 0.5) is 11.4 Å². The fourth-order valence-corrected chi connectivity index (χ4v) is 4.49. The molecule has 3 aromatic rings. The van der Waals surface area contributed by atoms with Crippen molar-refractivity contribution in [2.45, 2.75) is 33.6 Å². The lowest BCUT2D eigenvalue weighted by Crippen LogP contribution is -2.32. The molecule has 0 spiro atoms. The van der Waals surface area contributed by atoms with Crippen molar-refractivity contribution < 1.29 is 28.6 Å². The monoisotopic (exact) mass is 672 g/mol. The fourth-order valence-electron chi connectivity index (χ4n) is 3.71. The topological polar surface area (TPSA) is 127 Å². The summed E-state index contributed by atoms with van der Waals surface area (Å²) in [5.41, 5.74) is 6.03. The number of rotatable bonds is 12. The van der Waals surface area contributed by atoms with Crippen LogP contribution in [0.15, 0.2) is 59.7 Å². The van der Waals surface area contributed by atoms with Gasteiger partial charge in [-0.05, 0) is 108 Å². The minimum absolute atomic E-state index is 0.216. The number of unbranched alkanes of at least 4 members (excludes halogenated alkanes) is 1. The quantitative estimate of drug-likeness (QED) is 0.0799. The van der Waals surface area contributed by atoms with E-state index in [0.717, 1.165) is 24.0 Å². The Morgan fingerprint density at radius 3 is 2.27 bits per heavy atom. The third-order valence-electron chi connectivity index (χ3n) is 5.57. The zero-order valence-corrected chi connectivity index (χ0v) is 25.5. The Hall–Kier alpha value is -4.13. The summed E-state index contributed by atoms with van der Waals surface area (Å²) in [4.78, 5) is 36.9. The fraction of sp³-hybridized carbons (Fsp3) is 0.267. The predicted molar refractivity (Wildman–Crippen MR) is 167 cm³/mol. The van der Waals surface area contributed by atoms with Crippen LogP contribution in [0.2, 0.25) is 0 Å². The van der Waals surface area contributed by atoms with Gasteiger partial charge >= 0.3 is 11.8 Å². The summed E-state index contributed by atoms with van der Waals surface area (Å²) in [6, 6.07) is 15.9. The molecular formula is C30H33IN4O6. The minimum atomic E-state index is -0.930. The molecule has 0 saturated carbocycles. The number of carbonyl (C=O) groups is 3. The van der Waals surface area contributed by atoms with Gasteiger partial charge in [-0.2, -0.15) is 5.10 Å². The molecule has 0 bridgehead atoms. The zero-order valence-electron chi connectivity index (χ0n) is 23.4. The van der Waals surface area contributed by atoms with Gasteiger partial charge in [0, 0.05) is 11.4 Å². The highest BCUT2D eigenvalue weighted by Gasteiger charge is 2.15. The molecule has 0 aliphatic heterocycles. The van der Waals surface area contributed by atoms with Crippen LogP contribution in [-0.4, -0.2) is 44.3 Å². The predicted octanol–water partition coefficient (Wildman–Crippen LogP) is 5.20. The minimum Gasteiger partial charge on any atom is -0.494 e. The Kier molecular flexibility index (Phi) is 11.9. The average molecular weight is 673 g/mol. The van der Waals surface area contributed by atoms with Crippen LogP contribution in [0.25, 0.3) is 0 Å². The largest absolute Gasteiger partial charge is 0.494 e. The number of nitrogens with one attached hydrogen (secondary N) is 3. The van der Waals surface area contributed by atoms with Crippen LogP contribution >= 0.6 is 22.6 Å². The van der Waals surface area contributed by atoms with Crippen LogP contribution in [-0.2, 0) is 14.4 Å². The molecule has 10 nitrogen and oxygen atoms in total. The maximum atomic E-state index is 12.4. The molecule has 3 rings (SSSR count). The first-order chi connectivity index (χ1) is 19.7. The van der Waals surface area contributed by atoms with Crippen molar-refractivity contribution in [1.29, 1.82) is 0 Å². The summed E-state index contributed by atoms with van der Waals surface area (Å²) in [5, 5.41) is 9.21. The van der Waals surface area contributed by atoms with Crippen LogP contribution in [0.1, 0.15) is 36.5 Å². The van der Waals surface area contributed by atoms with Gasteiger partial charge in [-0.25, -0.2) is 5.43 Å². The molecule has 0 atom stereocenters. The van der Waals surface area contributed by atoms with Crippen molar-refractivity contribution in [2.24, 2.45) is 5.10 Å². The van der Waals surface area contributed by atoms with Gasteiger partial charge in [0.05, 0.1) is 23.5 Å². The number of anilines is 2. The Morgan fingerprint density at radius 1 is 0.902 bits per heavy atom. The normalized spacial score (nSPS) is 10.7. The van der Waals surface area contributed by atoms with Gasteiger partial charge in [-0.1, -0.05) is 19.4 Å². The maximum Gasteiger partial charge on any atom is 0.329 e. The van der Waals surface area contributed by atoms with Crippen molar-refractivity contribution in [2.75, 3.05) is 31.0 Å². The van der Waals surface area contributed by atoms with E-state index in [1.807, 2.05) is 32.0 Å². The number of ether oxygens (including phenoxy) is 3. The first kappa shape index (κ1) is 31.4. The molecule has 3 amide bonds. The van der Waals surface area contributed by atoms with Gasteiger partial charge in [0.25, 0.3) is 5.91 Å². The van der Waals surface area contributed by atoms with Gasteiger partial charge in [0.2, 0.25) is 0 Å². The summed E-state index contributed by atoms with van der Waals surface area (Å²) in [6.45, 7) is 6.41. The molecule has 0 aromatic heterocycles. The van der Waals surface area contributed by atoms with Gasteiger partial charge in [0.1, 0.15) is 5.75 Å². The molecule has 41 heavy (non-hydrogen) atoms. The number of nitrogens with zero attached hydrogens (tertiary/aromatic N) is 1. The molecule has 3 aromatic carbocycles. The Bertz CT molecular complexity index is 1390. The highest BCUT2D eigenvalue weighted by Crippen LogP contribution is 2.33. The third kappa shape index (κ3) is 10.1. The van der Waals surface area contributed by atoms with Crippen molar-refractivity contribution in [3.8, 4) is 17.2 Å². The van der Waals surface area contributed by atoms with E-state index >= 15 is 0 Å². The van der Waals surface area contributed by atoms with Gasteiger partial charge < -0.3 is 24.8 Å². The van der Waals surface area contributed by atoms with E-state index in [9.17, 15) is 14.4 Å². The van der Waals surface area contributed by atoms with E-state index in [0.29, 0.717) is 44.4 Å². The highest BCUT2D eigenvalue weighted by atomic mass is 127.